The van der Waals surface area contributed by atoms with E-state index in [9.17, 15) is 4.79 Å². The Hall–Kier alpha value is -1.89. The molecule has 1 aromatic carbocycles. The molecule has 7 heteroatoms. The number of nitrogens with zero attached hydrogens (tertiary/aromatic N) is 3. The average molecular weight is 326 g/mol. The van der Waals surface area contributed by atoms with Gasteiger partial charge in [-0.25, -0.2) is 9.48 Å². The number of rotatable bonds is 5. The Labute approximate surface area is 118 Å². The molecule has 2 aromatic rings. The maximum absolute atomic E-state index is 10.8. The fraction of sp³-hybridized carbons (Fsp3) is 0.250. The van der Waals surface area contributed by atoms with Crippen molar-refractivity contribution in [2.45, 2.75) is 13.5 Å². The van der Waals surface area contributed by atoms with Gasteiger partial charge < -0.3 is 9.84 Å². The van der Waals surface area contributed by atoms with Gasteiger partial charge in [0.2, 0.25) is 0 Å². The van der Waals surface area contributed by atoms with Crippen LogP contribution in [0.5, 0.6) is 5.75 Å². The van der Waals surface area contributed by atoms with Crippen molar-refractivity contribution >= 4 is 21.9 Å². The number of halogens is 1. The van der Waals surface area contributed by atoms with Crippen molar-refractivity contribution in [3.05, 3.63) is 40.1 Å². The van der Waals surface area contributed by atoms with Gasteiger partial charge in [-0.05, 0) is 31.2 Å². The quantitative estimate of drug-likeness (QED) is 0.911. The van der Waals surface area contributed by atoms with Crippen LogP contribution in [-0.2, 0) is 6.54 Å². The number of carboxylic acids is 1. The van der Waals surface area contributed by atoms with E-state index >= 15 is 0 Å². The molecule has 0 aliphatic heterocycles. The number of ether oxygens (including phenoxy) is 1. The van der Waals surface area contributed by atoms with Gasteiger partial charge >= 0.3 is 5.97 Å². The highest BCUT2D eigenvalue weighted by atomic mass is 79.9. The van der Waals surface area contributed by atoms with E-state index in [0.717, 1.165) is 10.2 Å². The van der Waals surface area contributed by atoms with Gasteiger partial charge in [-0.1, -0.05) is 21.1 Å². The predicted molar refractivity (Wildman–Crippen MR) is 71.4 cm³/mol. The van der Waals surface area contributed by atoms with Crippen molar-refractivity contribution in [3.8, 4) is 5.75 Å². The van der Waals surface area contributed by atoms with Crippen LogP contribution in [0.4, 0.5) is 0 Å². The Bertz CT molecular complexity index is 580. The standard InChI is InChI=1S/C12H12BrN3O3/c1-8-11(12(17)18)14-15-16(8)6-7-19-10-4-2-9(13)3-5-10/h2-5H,6-7H2,1H3,(H,17,18). The van der Waals surface area contributed by atoms with Gasteiger partial charge in [-0.3, -0.25) is 0 Å². The van der Waals surface area contributed by atoms with Crippen LogP contribution in [0.25, 0.3) is 0 Å². The van der Waals surface area contributed by atoms with Crippen LogP contribution >= 0.6 is 15.9 Å². The van der Waals surface area contributed by atoms with Crippen molar-refractivity contribution in [2.24, 2.45) is 0 Å². The highest BCUT2D eigenvalue weighted by Gasteiger charge is 2.14. The largest absolute Gasteiger partial charge is 0.492 e. The Kier molecular flexibility index (Phi) is 4.16. The molecule has 1 aromatic heterocycles. The normalized spacial score (nSPS) is 10.4. The first-order chi connectivity index (χ1) is 9.08. The SMILES string of the molecule is Cc1c(C(=O)O)nnn1CCOc1ccc(Br)cc1. The molecule has 0 atom stereocenters. The first-order valence-corrected chi connectivity index (χ1v) is 6.39. The molecule has 0 saturated carbocycles. The fourth-order valence-electron chi connectivity index (χ4n) is 1.55. The molecule has 0 aliphatic carbocycles. The summed E-state index contributed by atoms with van der Waals surface area (Å²) >= 11 is 3.34. The lowest BCUT2D eigenvalue weighted by atomic mass is 10.3. The second kappa shape index (κ2) is 5.83. The number of benzene rings is 1. The molecule has 6 nitrogen and oxygen atoms in total. The van der Waals surface area contributed by atoms with Gasteiger partial charge in [0.05, 0.1) is 12.2 Å². The number of carboxylic acid groups (broad SMARTS) is 1. The maximum atomic E-state index is 10.8. The van der Waals surface area contributed by atoms with Gasteiger partial charge in [0.1, 0.15) is 12.4 Å². The van der Waals surface area contributed by atoms with Crippen LogP contribution in [0.2, 0.25) is 0 Å². The third-order valence-corrected chi connectivity index (χ3v) is 3.10. The predicted octanol–water partition coefficient (Wildman–Crippen LogP) is 2.13. The number of hydrogen-bond donors (Lipinski definition) is 1. The van der Waals surface area contributed by atoms with Gasteiger partial charge in [0.15, 0.2) is 5.69 Å². The summed E-state index contributed by atoms with van der Waals surface area (Å²) in [6, 6.07) is 7.47. The molecule has 0 amide bonds. The number of aromatic nitrogens is 3. The molecule has 1 heterocycles. The summed E-state index contributed by atoms with van der Waals surface area (Å²) in [6.45, 7) is 2.51. The van der Waals surface area contributed by atoms with Crippen molar-refractivity contribution in [3.63, 3.8) is 0 Å². The molecule has 0 aliphatic rings. The average Bonchev–Trinajstić information content (AvgIpc) is 2.74. The summed E-state index contributed by atoms with van der Waals surface area (Å²) in [7, 11) is 0. The molecular formula is C12H12BrN3O3. The molecule has 0 bridgehead atoms. The zero-order valence-corrected chi connectivity index (χ0v) is 11.8. The Morgan fingerprint density at radius 3 is 2.68 bits per heavy atom. The monoisotopic (exact) mass is 325 g/mol. The zero-order valence-electron chi connectivity index (χ0n) is 10.2. The van der Waals surface area contributed by atoms with E-state index in [4.69, 9.17) is 9.84 Å². The lowest BCUT2D eigenvalue weighted by Crippen LogP contribution is -2.11. The maximum Gasteiger partial charge on any atom is 0.358 e. The summed E-state index contributed by atoms with van der Waals surface area (Å²) in [5.41, 5.74) is 0.496. The molecule has 0 fully saturated rings. The minimum atomic E-state index is -1.07. The second-order valence-electron chi connectivity index (χ2n) is 3.85. The summed E-state index contributed by atoms with van der Waals surface area (Å²) in [4.78, 5) is 10.8. The number of hydrogen-bond acceptors (Lipinski definition) is 4. The van der Waals surface area contributed by atoms with Crippen LogP contribution in [0.1, 0.15) is 16.2 Å². The molecular weight excluding hydrogens is 314 g/mol. The molecule has 100 valence electrons. The van der Waals surface area contributed by atoms with E-state index in [0.29, 0.717) is 18.8 Å². The van der Waals surface area contributed by atoms with Gasteiger partial charge in [-0.15, -0.1) is 5.10 Å². The number of aromatic carboxylic acids is 1. The zero-order chi connectivity index (χ0) is 13.8. The first kappa shape index (κ1) is 13.5. The molecule has 0 radical (unpaired) electrons. The van der Waals surface area contributed by atoms with Gasteiger partial charge in [0.25, 0.3) is 0 Å². The van der Waals surface area contributed by atoms with E-state index in [1.165, 1.54) is 4.68 Å². The Morgan fingerprint density at radius 2 is 2.11 bits per heavy atom. The second-order valence-corrected chi connectivity index (χ2v) is 4.77. The Morgan fingerprint density at radius 1 is 1.42 bits per heavy atom. The minimum absolute atomic E-state index is 0.0244. The molecule has 0 saturated heterocycles. The Balaban J connectivity index is 1.92. The summed E-state index contributed by atoms with van der Waals surface area (Å²) in [5, 5.41) is 16.2. The lowest BCUT2D eigenvalue weighted by Gasteiger charge is -2.07. The smallest absolute Gasteiger partial charge is 0.358 e. The van der Waals surface area contributed by atoms with Crippen LogP contribution in [0, 0.1) is 6.92 Å². The highest BCUT2D eigenvalue weighted by molar-refractivity contribution is 9.10. The van der Waals surface area contributed by atoms with E-state index in [1.54, 1.807) is 6.92 Å². The molecule has 0 unspecified atom stereocenters. The van der Waals surface area contributed by atoms with Crippen molar-refractivity contribution < 1.29 is 14.6 Å². The summed E-state index contributed by atoms with van der Waals surface area (Å²) < 4.78 is 8.03. The molecule has 2 rings (SSSR count). The van der Waals surface area contributed by atoms with Gasteiger partial charge in [-0.2, -0.15) is 0 Å². The van der Waals surface area contributed by atoms with Crippen molar-refractivity contribution in [2.75, 3.05) is 6.61 Å². The molecule has 0 spiro atoms. The van der Waals surface area contributed by atoms with E-state index in [2.05, 4.69) is 26.2 Å². The van der Waals surface area contributed by atoms with Crippen LogP contribution in [0.3, 0.4) is 0 Å². The minimum Gasteiger partial charge on any atom is -0.492 e. The van der Waals surface area contributed by atoms with Crippen LogP contribution < -0.4 is 4.74 Å². The third kappa shape index (κ3) is 3.31. The van der Waals surface area contributed by atoms with Crippen LogP contribution in [-0.4, -0.2) is 32.7 Å². The highest BCUT2D eigenvalue weighted by Crippen LogP contribution is 2.16. The summed E-state index contributed by atoms with van der Waals surface area (Å²) in [5.74, 6) is -0.322. The summed E-state index contributed by atoms with van der Waals surface area (Å²) in [6.07, 6.45) is 0. The van der Waals surface area contributed by atoms with E-state index in [-0.39, 0.29) is 5.69 Å². The van der Waals surface area contributed by atoms with Crippen molar-refractivity contribution in [1.82, 2.24) is 15.0 Å². The molecule has 19 heavy (non-hydrogen) atoms. The third-order valence-electron chi connectivity index (χ3n) is 2.57. The van der Waals surface area contributed by atoms with E-state index < -0.39 is 5.97 Å². The molecule has 1 N–H and O–H groups in total. The van der Waals surface area contributed by atoms with E-state index in [1.807, 2.05) is 24.3 Å². The lowest BCUT2D eigenvalue weighted by molar-refractivity contribution is 0.0689. The topological polar surface area (TPSA) is 77.2 Å². The number of carbonyl (C=O) groups is 1. The fourth-order valence-corrected chi connectivity index (χ4v) is 1.82. The van der Waals surface area contributed by atoms with Crippen molar-refractivity contribution in [1.29, 1.82) is 0 Å². The van der Waals surface area contributed by atoms with Crippen LogP contribution in [0.15, 0.2) is 28.7 Å². The van der Waals surface area contributed by atoms with Gasteiger partial charge in [0, 0.05) is 4.47 Å². The first-order valence-electron chi connectivity index (χ1n) is 5.59.